The molecule has 23 heavy (non-hydrogen) atoms. The van der Waals surface area contributed by atoms with Gasteiger partial charge in [-0.05, 0) is 19.1 Å². The topological polar surface area (TPSA) is 72.9 Å². The smallest absolute Gasteiger partial charge is 0.227 e. The minimum absolute atomic E-state index is 0.576. The van der Waals surface area contributed by atoms with Crippen LogP contribution in [-0.4, -0.2) is 32.0 Å². The molecule has 0 aliphatic rings. The van der Waals surface area contributed by atoms with Crippen molar-refractivity contribution >= 4 is 5.95 Å². The molecular weight excluding hydrogens is 292 g/mol. The Balaban J connectivity index is 1.96. The van der Waals surface area contributed by atoms with Gasteiger partial charge in [-0.25, -0.2) is 0 Å². The number of aromatic nitrogens is 5. The number of hydrogen-bond donors (Lipinski definition) is 0. The fraction of sp³-hybridized carbons (Fsp3) is 0.250. The maximum Gasteiger partial charge on any atom is 0.227 e. The van der Waals surface area contributed by atoms with Gasteiger partial charge in [0, 0.05) is 25.9 Å². The lowest BCUT2D eigenvalue weighted by Gasteiger charge is -2.18. The van der Waals surface area contributed by atoms with Gasteiger partial charge in [-0.1, -0.05) is 23.4 Å². The number of hydrogen-bond acceptors (Lipinski definition) is 6. The van der Waals surface area contributed by atoms with Crippen LogP contribution in [0, 0.1) is 0 Å². The van der Waals surface area contributed by atoms with Crippen LogP contribution in [0.3, 0.4) is 0 Å². The summed E-state index contributed by atoms with van der Waals surface area (Å²) in [5.74, 6) is 1.45. The zero-order valence-electron chi connectivity index (χ0n) is 13.2. The van der Waals surface area contributed by atoms with Crippen molar-refractivity contribution in [2.24, 2.45) is 0 Å². The Bertz CT molecular complexity index is 778. The second kappa shape index (κ2) is 6.43. The predicted octanol–water partition coefficient (Wildman–Crippen LogP) is 2.54. The summed E-state index contributed by atoms with van der Waals surface area (Å²) in [6.45, 7) is 7.17. The zero-order valence-corrected chi connectivity index (χ0v) is 13.2. The maximum atomic E-state index is 4.88. The zero-order chi connectivity index (χ0) is 16.2. The third-order valence-electron chi connectivity index (χ3n) is 3.29. The number of allylic oxidation sites excluding steroid dienone is 1. The first kappa shape index (κ1) is 15.0. The Labute approximate surface area is 134 Å². The van der Waals surface area contributed by atoms with Gasteiger partial charge in [0.15, 0.2) is 5.82 Å². The van der Waals surface area contributed by atoms with E-state index in [-0.39, 0.29) is 0 Å². The lowest BCUT2D eigenvalue weighted by Crippen LogP contribution is -2.21. The highest BCUT2D eigenvalue weighted by Gasteiger charge is 2.18. The van der Waals surface area contributed by atoms with Crippen molar-refractivity contribution in [3.05, 3.63) is 54.6 Å². The van der Waals surface area contributed by atoms with Crippen LogP contribution in [0.1, 0.15) is 12.6 Å². The van der Waals surface area contributed by atoms with Crippen LogP contribution in [0.25, 0.3) is 11.5 Å². The van der Waals surface area contributed by atoms with E-state index in [0.717, 1.165) is 28.7 Å². The van der Waals surface area contributed by atoms with Crippen LogP contribution in [0.15, 0.2) is 53.4 Å². The van der Waals surface area contributed by atoms with Crippen LogP contribution in [0.4, 0.5) is 5.95 Å². The fourth-order valence-electron chi connectivity index (χ4n) is 2.31. The first-order valence-electron chi connectivity index (χ1n) is 7.24. The van der Waals surface area contributed by atoms with Crippen molar-refractivity contribution in [1.29, 1.82) is 0 Å². The number of pyridine rings is 1. The van der Waals surface area contributed by atoms with Crippen molar-refractivity contribution in [2.75, 3.05) is 11.9 Å². The largest absolute Gasteiger partial charge is 0.364 e. The van der Waals surface area contributed by atoms with Gasteiger partial charge in [0.05, 0.1) is 6.54 Å². The standard InChI is InChI=1S/C16H18N6O/c1-12(2)10-22-15(14-6-4-5-8-17-14)18-19-16(22)21(3)11-13-7-9-23-20-13/h4-9H,1,10-11H2,2-3H3. The highest BCUT2D eigenvalue weighted by molar-refractivity contribution is 5.52. The summed E-state index contributed by atoms with van der Waals surface area (Å²) in [4.78, 5) is 6.34. The van der Waals surface area contributed by atoms with E-state index in [1.807, 2.05) is 47.7 Å². The van der Waals surface area contributed by atoms with E-state index in [9.17, 15) is 0 Å². The minimum atomic E-state index is 0.576. The molecule has 0 saturated heterocycles. The van der Waals surface area contributed by atoms with Gasteiger partial charge in [-0.15, -0.1) is 10.2 Å². The quantitative estimate of drug-likeness (QED) is 0.651. The number of nitrogens with zero attached hydrogens (tertiary/aromatic N) is 6. The highest BCUT2D eigenvalue weighted by Crippen LogP contribution is 2.22. The molecule has 3 heterocycles. The highest BCUT2D eigenvalue weighted by atomic mass is 16.5. The molecular formula is C16H18N6O. The van der Waals surface area contributed by atoms with E-state index in [1.165, 1.54) is 0 Å². The maximum absolute atomic E-state index is 4.88. The van der Waals surface area contributed by atoms with Crippen molar-refractivity contribution in [3.63, 3.8) is 0 Å². The Hall–Kier alpha value is -2.96. The predicted molar refractivity (Wildman–Crippen MR) is 86.7 cm³/mol. The summed E-state index contributed by atoms with van der Waals surface area (Å²) in [6, 6.07) is 7.55. The lowest BCUT2D eigenvalue weighted by atomic mass is 10.3. The van der Waals surface area contributed by atoms with Crippen molar-refractivity contribution in [2.45, 2.75) is 20.0 Å². The Morgan fingerprint density at radius 1 is 1.30 bits per heavy atom. The molecule has 0 radical (unpaired) electrons. The SMILES string of the molecule is C=C(C)Cn1c(-c2ccccn2)nnc1N(C)Cc1ccon1. The molecule has 0 unspecified atom stereocenters. The average Bonchev–Trinajstić information content (AvgIpc) is 3.17. The third-order valence-corrected chi connectivity index (χ3v) is 3.29. The van der Waals surface area contributed by atoms with Gasteiger partial charge in [0.2, 0.25) is 5.95 Å². The fourth-order valence-corrected chi connectivity index (χ4v) is 2.31. The summed E-state index contributed by atoms with van der Waals surface area (Å²) in [5, 5.41) is 12.6. The van der Waals surface area contributed by atoms with Gasteiger partial charge in [-0.3, -0.25) is 9.55 Å². The Kier molecular flexibility index (Phi) is 4.18. The molecule has 0 bridgehead atoms. The Morgan fingerprint density at radius 3 is 2.83 bits per heavy atom. The molecule has 3 rings (SSSR count). The monoisotopic (exact) mass is 310 g/mol. The van der Waals surface area contributed by atoms with Crippen molar-refractivity contribution in [1.82, 2.24) is 24.9 Å². The molecule has 7 nitrogen and oxygen atoms in total. The summed E-state index contributed by atoms with van der Waals surface area (Å²) in [5.41, 5.74) is 2.62. The molecule has 0 N–H and O–H groups in total. The summed E-state index contributed by atoms with van der Waals surface area (Å²) in [7, 11) is 1.94. The molecule has 0 aliphatic carbocycles. The molecule has 0 atom stereocenters. The van der Waals surface area contributed by atoms with E-state index in [4.69, 9.17) is 4.52 Å². The molecule has 118 valence electrons. The summed E-state index contributed by atoms with van der Waals surface area (Å²) in [6.07, 6.45) is 3.30. The van der Waals surface area contributed by atoms with E-state index >= 15 is 0 Å². The molecule has 0 spiro atoms. The lowest BCUT2D eigenvalue weighted by molar-refractivity contribution is 0.411. The molecule has 0 aromatic carbocycles. The number of anilines is 1. The molecule has 0 aliphatic heterocycles. The van der Waals surface area contributed by atoms with E-state index in [1.54, 1.807) is 12.5 Å². The summed E-state index contributed by atoms with van der Waals surface area (Å²) < 4.78 is 6.88. The van der Waals surface area contributed by atoms with E-state index in [0.29, 0.717) is 13.1 Å². The van der Waals surface area contributed by atoms with E-state index < -0.39 is 0 Å². The van der Waals surface area contributed by atoms with Crippen molar-refractivity contribution < 1.29 is 4.52 Å². The molecule has 0 fully saturated rings. The molecule has 3 aromatic heterocycles. The Morgan fingerprint density at radius 2 is 2.17 bits per heavy atom. The van der Waals surface area contributed by atoms with Crippen LogP contribution in [0.2, 0.25) is 0 Å². The molecule has 7 heteroatoms. The number of rotatable bonds is 6. The van der Waals surface area contributed by atoms with Gasteiger partial charge in [-0.2, -0.15) is 0 Å². The van der Waals surface area contributed by atoms with Crippen LogP contribution >= 0.6 is 0 Å². The average molecular weight is 310 g/mol. The second-order valence-electron chi connectivity index (χ2n) is 5.43. The summed E-state index contributed by atoms with van der Waals surface area (Å²) >= 11 is 0. The first-order chi connectivity index (χ1) is 11.1. The minimum Gasteiger partial charge on any atom is -0.364 e. The van der Waals surface area contributed by atoms with Crippen LogP contribution in [-0.2, 0) is 13.1 Å². The van der Waals surface area contributed by atoms with Gasteiger partial charge in [0.1, 0.15) is 17.7 Å². The van der Waals surface area contributed by atoms with E-state index in [2.05, 4.69) is 26.9 Å². The van der Waals surface area contributed by atoms with Gasteiger partial charge in [0.25, 0.3) is 0 Å². The van der Waals surface area contributed by atoms with Gasteiger partial charge < -0.3 is 9.42 Å². The van der Waals surface area contributed by atoms with Crippen LogP contribution in [0.5, 0.6) is 0 Å². The van der Waals surface area contributed by atoms with Crippen molar-refractivity contribution in [3.8, 4) is 11.5 Å². The molecule has 3 aromatic rings. The molecule has 0 saturated carbocycles. The van der Waals surface area contributed by atoms with Gasteiger partial charge >= 0.3 is 0 Å². The normalized spacial score (nSPS) is 10.7. The second-order valence-corrected chi connectivity index (χ2v) is 5.43. The third kappa shape index (κ3) is 3.28. The van der Waals surface area contributed by atoms with Crippen LogP contribution < -0.4 is 4.90 Å². The first-order valence-corrected chi connectivity index (χ1v) is 7.24. The molecule has 0 amide bonds.